The van der Waals surface area contributed by atoms with Crippen molar-refractivity contribution in [3.63, 3.8) is 0 Å². The molecule has 3 nitrogen and oxygen atoms in total. The molecule has 2 N–H and O–H groups in total. The van der Waals surface area contributed by atoms with Gasteiger partial charge in [-0.2, -0.15) is 5.10 Å². The number of nitrogens with zero attached hydrogens (tertiary/aromatic N) is 2. The van der Waals surface area contributed by atoms with Gasteiger partial charge in [-0.25, -0.2) is 0 Å². The summed E-state index contributed by atoms with van der Waals surface area (Å²) >= 11 is 0. The highest BCUT2D eigenvalue weighted by Crippen LogP contribution is 2.31. The third-order valence-corrected chi connectivity index (χ3v) is 3.93. The number of hydrogen-bond acceptors (Lipinski definition) is 2. The predicted octanol–water partition coefficient (Wildman–Crippen LogP) is 3.43. The fraction of sp³-hybridized carbons (Fsp3) is 0.786. The first-order valence-electron chi connectivity index (χ1n) is 6.97. The maximum absolute atomic E-state index is 6.30. The van der Waals surface area contributed by atoms with Crippen LogP contribution in [0.15, 0.2) is 12.3 Å². The van der Waals surface area contributed by atoms with E-state index in [1.165, 1.54) is 37.8 Å². The fourth-order valence-corrected chi connectivity index (χ4v) is 2.91. The first-order chi connectivity index (χ1) is 8.18. The SMILES string of the molecule is CC(C)n1nccc1C(N)CCC1CCCC1. The number of nitrogens with two attached hydrogens (primary N) is 1. The monoisotopic (exact) mass is 235 g/mol. The molecule has 2 rings (SSSR count). The Hall–Kier alpha value is -0.830. The Bertz CT molecular complexity index is 337. The molecule has 96 valence electrons. The van der Waals surface area contributed by atoms with Gasteiger partial charge in [0.2, 0.25) is 0 Å². The predicted molar refractivity (Wildman–Crippen MR) is 70.7 cm³/mol. The van der Waals surface area contributed by atoms with Crippen LogP contribution in [0.5, 0.6) is 0 Å². The molecule has 0 aromatic carbocycles. The van der Waals surface area contributed by atoms with Crippen LogP contribution >= 0.6 is 0 Å². The maximum Gasteiger partial charge on any atom is 0.0554 e. The molecule has 0 bridgehead atoms. The minimum atomic E-state index is 0.153. The van der Waals surface area contributed by atoms with Crippen LogP contribution in [0.1, 0.15) is 70.2 Å². The van der Waals surface area contributed by atoms with Crippen LogP contribution in [0.25, 0.3) is 0 Å². The molecular formula is C14H25N3. The van der Waals surface area contributed by atoms with E-state index in [1.54, 1.807) is 0 Å². The second kappa shape index (κ2) is 5.67. The first-order valence-corrected chi connectivity index (χ1v) is 6.97. The fourth-order valence-electron chi connectivity index (χ4n) is 2.91. The van der Waals surface area contributed by atoms with Gasteiger partial charge in [0.05, 0.1) is 5.69 Å². The van der Waals surface area contributed by atoms with Crippen molar-refractivity contribution >= 4 is 0 Å². The molecule has 1 aliphatic rings. The van der Waals surface area contributed by atoms with Crippen molar-refractivity contribution < 1.29 is 0 Å². The Morgan fingerprint density at radius 2 is 2.12 bits per heavy atom. The van der Waals surface area contributed by atoms with Crippen molar-refractivity contribution in [1.82, 2.24) is 9.78 Å². The average Bonchev–Trinajstić information content (AvgIpc) is 2.96. The van der Waals surface area contributed by atoms with Gasteiger partial charge in [-0.15, -0.1) is 0 Å². The zero-order valence-corrected chi connectivity index (χ0v) is 11.1. The van der Waals surface area contributed by atoms with Crippen LogP contribution in [0, 0.1) is 5.92 Å². The van der Waals surface area contributed by atoms with Crippen LogP contribution in [0.3, 0.4) is 0 Å². The molecule has 0 saturated heterocycles. The average molecular weight is 235 g/mol. The standard InChI is InChI=1S/C14H25N3/c1-11(2)17-14(9-10-16-17)13(15)8-7-12-5-3-4-6-12/h9-13H,3-8,15H2,1-2H3. The van der Waals surface area contributed by atoms with Gasteiger partial charge < -0.3 is 5.73 Å². The van der Waals surface area contributed by atoms with E-state index in [9.17, 15) is 0 Å². The van der Waals surface area contributed by atoms with Gasteiger partial charge in [-0.3, -0.25) is 4.68 Å². The Kier molecular flexibility index (Phi) is 4.21. The van der Waals surface area contributed by atoms with Crippen molar-refractivity contribution in [3.05, 3.63) is 18.0 Å². The van der Waals surface area contributed by atoms with Gasteiger partial charge in [-0.05, 0) is 38.7 Å². The molecular weight excluding hydrogens is 210 g/mol. The van der Waals surface area contributed by atoms with Gasteiger partial charge >= 0.3 is 0 Å². The largest absolute Gasteiger partial charge is 0.323 e. The number of rotatable bonds is 5. The molecule has 0 amide bonds. The molecule has 0 aliphatic heterocycles. The number of hydrogen-bond donors (Lipinski definition) is 1. The zero-order valence-electron chi connectivity index (χ0n) is 11.1. The van der Waals surface area contributed by atoms with Crippen LogP contribution < -0.4 is 5.73 Å². The lowest BCUT2D eigenvalue weighted by atomic mass is 9.97. The lowest BCUT2D eigenvalue weighted by Gasteiger charge is -2.18. The quantitative estimate of drug-likeness (QED) is 0.849. The second-order valence-corrected chi connectivity index (χ2v) is 5.63. The molecule has 1 saturated carbocycles. The van der Waals surface area contributed by atoms with Crippen LogP contribution in [-0.2, 0) is 0 Å². The lowest BCUT2D eigenvalue weighted by molar-refractivity contribution is 0.426. The summed E-state index contributed by atoms with van der Waals surface area (Å²) in [5.74, 6) is 0.927. The summed E-state index contributed by atoms with van der Waals surface area (Å²) in [4.78, 5) is 0. The van der Waals surface area contributed by atoms with Gasteiger partial charge in [0.1, 0.15) is 0 Å². The van der Waals surface area contributed by atoms with E-state index in [2.05, 4.69) is 29.7 Å². The van der Waals surface area contributed by atoms with Gasteiger partial charge in [-0.1, -0.05) is 25.7 Å². The van der Waals surface area contributed by atoms with E-state index in [0.29, 0.717) is 6.04 Å². The van der Waals surface area contributed by atoms with Crippen LogP contribution in [-0.4, -0.2) is 9.78 Å². The third-order valence-electron chi connectivity index (χ3n) is 3.93. The first kappa shape index (κ1) is 12.6. The highest BCUT2D eigenvalue weighted by Gasteiger charge is 2.18. The minimum Gasteiger partial charge on any atom is -0.323 e. The van der Waals surface area contributed by atoms with Gasteiger partial charge in [0, 0.05) is 18.3 Å². The highest BCUT2D eigenvalue weighted by atomic mass is 15.3. The van der Waals surface area contributed by atoms with Crippen molar-refractivity contribution in [1.29, 1.82) is 0 Å². The van der Waals surface area contributed by atoms with Crippen LogP contribution in [0.4, 0.5) is 0 Å². The van der Waals surface area contributed by atoms with E-state index < -0.39 is 0 Å². The Labute approximate surface area is 104 Å². The molecule has 1 aliphatic carbocycles. The number of aromatic nitrogens is 2. The lowest BCUT2D eigenvalue weighted by Crippen LogP contribution is -2.18. The van der Waals surface area contributed by atoms with Gasteiger partial charge in [0.25, 0.3) is 0 Å². The van der Waals surface area contributed by atoms with Crippen molar-refractivity contribution in [2.75, 3.05) is 0 Å². The maximum atomic E-state index is 6.30. The van der Waals surface area contributed by atoms with Crippen molar-refractivity contribution in [2.45, 2.75) is 64.5 Å². The minimum absolute atomic E-state index is 0.153. The molecule has 0 spiro atoms. The van der Waals surface area contributed by atoms with E-state index >= 15 is 0 Å². The molecule has 1 aromatic heterocycles. The summed E-state index contributed by atoms with van der Waals surface area (Å²) in [7, 11) is 0. The molecule has 3 heteroatoms. The van der Waals surface area contributed by atoms with E-state index in [1.807, 2.05) is 6.20 Å². The summed E-state index contributed by atoms with van der Waals surface area (Å²) in [5, 5.41) is 4.35. The van der Waals surface area contributed by atoms with Gasteiger partial charge in [0.15, 0.2) is 0 Å². The Morgan fingerprint density at radius 3 is 2.76 bits per heavy atom. The molecule has 1 atom stereocenters. The van der Waals surface area contributed by atoms with E-state index in [4.69, 9.17) is 5.73 Å². The molecule has 1 fully saturated rings. The molecule has 17 heavy (non-hydrogen) atoms. The summed E-state index contributed by atoms with van der Waals surface area (Å²) in [5.41, 5.74) is 7.49. The van der Waals surface area contributed by atoms with Crippen LogP contribution in [0.2, 0.25) is 0 Å². The normalized spacial score (nSPS) is 19.1. The summed E-state index contributed by atoms with van der Waals surface area (Å²) in [6.07, 6.45) is 9.91. The van der Waals surface area contributed by atoms with Crippen molar-refractivity contribution in [3.8, 4) is 0 Å². The third kappa shape index (κ3) is 3.09. The van der Waals surface area contributed by atoms with E-state index in [0.717, 1.165) is 12.3 Å². The zero-order chi connectivity index (χ0) is 12.3. The summed E-state index contributed by atoms with van der Waals surface area (Å²) in [6.45, 7) is 4.31. The molecule has 1 heterocycles. The topological polar surface area (TPSA) is 43.8 Å². The van der Waals surface area contributed by atoms with E-state index in [-0.39, 0.29) is 6.04 Å². The molecule has 1 aromatic rings. The highest BCUT2D eigenvalue weighted by molar-refractivity contribution is 5.07. The Balaban J connectivity index is 1.89. The Morgan fingerprint density at radius 1 is 1.41 bits per heavy atom. The summed E-state index contributed by atoms with van der Waals surface area (Å²) < 4.78 is 2.05. The second-order valence-electron chi connectivity index (χ2n) is 5.63. The van der Waals surface area contributed by atoms with Crippen molar-refractivity contribution in [2.24, 2.45) is 11.7 Å². The smallest absolute Gasteiger partial charge is 0.0554 e. The molecule has 1 unspecified atom stereocenters. The molecule has 0 radical (unpaired) electrons. The summed E-state index contributed by atoms with van der Waals surface area (Å²) in [6, 6.07) is 2.62.